The van der Waals surface area contributed by atoms with Crippen molar-refractivity contribution in [3.63, 3.8) is 0 Å². The molecular formula is C34H33Cl2N5O2S. The third-order valence-electron chi connectivity index (χ3n) is 8.86. The summed E-state index contributed by atoms with van der Waals surface area (Å²) in [6, 6.07) is 21.2. The number of aromatic nitrogens is 1. The van der Waals surface area contributed by atoms with Crippen LogP contribution in [0.5, 0.6) is 0 Å². The van der Waals surface area contributed by atoms with Gasteiger partial charge in [-0.05, 0) is 65.3 Å². The van der Waals surface area contributed by atoms with Crippen LogP contribution in [-0.4, -0.2) is 53.7 Å². The Kier molecular flexibility index (Phi) is 7.55. The number of hydrogen-bond donors (Lipinski definition) is 1. The van der Waals surface area contributed by atoms with Gasteiger partial charge < -0.3 is 20.0 Å². The topological polar surface area (TPSA) is 68.8 Å². The number of halogens is 2. The first kappa shape index (κ1) is 29.1. The van der Waals surface area contributed by atoms with E-state index in [-0.39, 0.29) is 23.7 Å². The maximum absolute atomic E-state index is 14.1. The second-order valence-corrected chi connectivity index (χ2v) is 14.2. The first-order valence-corrected chi connectivity index (χ1v) is 16.4. The number of para-hydroxylation sites is 2. The van der Waals surface area contributed by atoms with Crippen LogP contribution in [0.15, 0.2) is 78.0 Å². The van der Waals surface area contributed by atoms with Gasteiger partial charge in [0, 0.05) is 49.3 Å². The average molecular weight is 647 g/mol. The van der Waals surface area contributed by atoms with E-state index in [1.165, 1.54) is 11.5 Å². The Labute approximate surface area is 271 Å². The molecule has 226 valence electrons. The second kappa shape index (κ2) is 11.4. The van der Waals surface area contributed by atoms with E-state index in [2.05, 4.69) is 41.1 Å². The van der Waals surface area contributed by atoms with Crippen molar-refractivity contribution >= 4 is 73.7 Å². The number of nitrogens with one attached hydrogen (secondary N) is 1. The minimum atomic E-state index is -0.508. The van der Waals surface area contributed by atoms with E-state index >= 15 is 0 Å². The maximum Gasteiger partial charge on any atom is 0.242 e. The van der Waals surface area contributed by atoms with E-state index in [0.29, 0.717) is 48.2 Å². The molecule has 10 heteroatoms. The fraction of sp³-hybridized carbons (Fsp3) is 0.324. The van der Waals surface area contributed by atoms with Crippen molar-refractivity contribution in [1.82, 2.24) is 9.27 Å². The maximum atomic E-state index is 14.1. The summed E-state index contributed by atoms with van der Waals surface area (Å²) >= 11 is 14.4. The largest absolute Gasteiger partial charge is 0.357 e. The Hall–Kier alpha value is -3.59. The molecule has 0 spiro atoms. The summed E-state index contributed by atoms with van der Waals surface area (Å²) in [5.74, 6) is 1.08. The molecule has 1 fully saturated rings. The van der Waals surface area contributed by atoms with E-state index < -0.39 is 6.04 Å². The molecule has 0 radical (unpaired) electrons. The van der Waals surface area contributed by atoms with E-state index in [1.807, 2.05) is 53.4 Å². The van der Waals surface area contributed by atoms with Gasteiger partial charge in [0.25, 0.3) is 0 Å². The minimum absolute atomic E-state index is 0.0142. The van der Waals surface area contributed by atoms with Crippen LogP contribution in [0, 0.1) is 5.41 Å². The van der Waals surface area contributed by atoms with Crippen LogP contribution in [0.4, 0.5) is 17.2 Å². The molecule has 1 aliphatic carbocycles. The molecule has 7 nitrogen and oxygen atoms in total. The highest BCUT2D eigenvalue weighted by atomic mass is 35.5. The molecule has 3 aliphatic rings. The highest BCUT2D eigenvalue weighted by Crippen LogP contribution is 2.48. The van der Waals surface area contributed by atoms with Crippen molar-refractivity contribution in [2.45, 2.75) is 32.7 Å². The van der Waals surface area contributed by atoms with Gasteiger partial charge in [-0.1, -0.05) is 67.4 Å². The van der Waals surface area contributed by atoms with Crippen LogP contribution in [0.25, 0.3) is 10.1 Å². The summed E-state index contributed by atoms with van der Waals surface area (Å²) in [7, 11) is 0. The summed E-state index contributed by atoms with van der Waals surface area (Å²) in [6.45, 7) is 6.95. The number of allylic oxidation sites excluding steroid dienone is 1. The van der Waals surface area contributed by atoms with Crippen LogP contribution in [0.2, 0.25) is 10.0 Å². The van der Waals surface area contributed by atoms with Gasteiger partial charge in [0.05, 0.1) is 38.7 Å². The van der Waals surface area contributed by atoms with Gasteiger partial charge in [-0.25, -0.2) is 0 Å². The first-order valence-electron chi connectivity index (χ1n) is 14.9. The minimum Gasteiger partial charge on any atom is -0.357 e. The van der Waals surface area contributed by atoms with E-state index in [4.69, 9.17) is 27.6 Å². The fourth-order valence-electron chi connectivity index (χ4n) is 6.77. The Morgan fingerprint density at radius 2 is 1.73 bits per heavy atom. The van der Waals surface area contributed by atoms with E-state index in [0.717, 1.165) is 45.0 Å². The molecular weight excluding hydrogens is 613 g/mol. The van der Waals surface area contributed by atoms with Crippen LogP contribution in [0.1, 0.15) is 38.3 Å². The lowest BCUT2D eigenvalue weighted by Gasteiger charge is -2.40. The number of anilines is 3. The van der Waals surface area contributed by atoms with Gasteiger partial charge >= 0.3 is 0 Å². The van der Waals surface area contributed by atoms with Crippen molar-refractivity contribution in [3.8, 4) is 0 Å². The second-order valence-electron chi connectivity index (χ2n) is 12.5. The molecule has 44 heavy (non-hydrogen) atoms. The number of nitrogens with zero attached hydrogens (tertiary/aromatic N) is 4. The Balaban J connectivity index is 1.22. The Morgan fingerprint density at radius 1 is 0.977 bits per heavy atom. The van der Waals surface area contributed by atoms with Crippen molar-refractivity contribution in [3.05, 3.63) is 93.6 Å². The lowest BCUT2D eigenvalue weighted by atomic mass is 9.73. The fourth-order valence-corrected chi connectivity index (χ4v) is 7.87. The van der Waals surface area contributed by atoms with Gasteiger partial charge in [-0.15, -0.1) is 0 Å². The predicted molar refractivity (Wildman–Crippen MR) is 180 cm³/mol. The molecule has 0 saturated carbocycles. The smallest absolute Gasteiger partial charge is 0.242 e. The number of rotatable bonds is 4. The molecule has 3 heterocycles. The van der Waals surface area contributed by atoms with Crippen molar-refractivity contribution < 1.29 is 9.59 Å². The highest BCUT2D eigenvalue weighted by molar-refractivity contribution is 7.13. The number of fused-ring (bicyclic) bond motifs is 2. The average Bonchev–Trinajstić information content (AvgIpc) is 3.38. The molecule has 0 bridgehead atoms. The summed E-state index contributed by atoms with van der Waals surface area (Å²) in [6.07, 6.45) is 1.14. The third-order valence-corrected chi connectivity index (χ3v) is 10.4. The lowest BCUT2D eigenvalue weighted by molar-refractivity contribution is -0.130. The van der Waals surface area contributed by atoms with Crippen LogP contribution in [0.3, 0.4) is 0 Å². The third kappa shape index (κ3) is 5.33. The van der Waals surface area contributed by atoms with E-state index in [9.17, 15) is 9.59 Å². The zero-order chi connectivity index (χ0) is 30.6. The molecule has 1 saturated heterocycles. The summed E-state index contributed by atoms with van der Waals surface area (Å²) in [5.41, 5.74) is 3.96. The number of amides is 1. The van der Waals surface area contributed by atoms with Crippen LogP contribution < -0.4 is 15.1 Å². The number of carbonyl (C=O) groups is 2. The number of carbonyl (C=O) groups excluding carboxylic acids is 2. The Morgan fingerprint density at radius 3 is 2.52 bits per heavy atom. The quantitative estimate of drug-likeness (QED) is 0.247. The molecule has 1 aromatic heterocycles. The summed E-state index contributed by atoms with van der Waals surface area (Å²) in [4.78, 5) is 34.4. The van der Waals surface area contributed by atoms with Gasteiger partial charge in [0.2, 0.25) is 5.91 Å². The van der Waals surface area contributed by atoms with Crippen molar-refractivity contribution in [1.29, 1.82) is 0 Å². The molecule has 1 N–H and O–H groups in total. The molecule has 1 unspecified atom stereocenters. The number of piperazine rings is 1. The SMILES string of the molecule is CC1(C)CC(=O)C2=C(C1)Nc1ccccc1N(CC(=O)N1CCN(c3nsc4ccccc34)CC1)C2c1ccc(Cl)c(Cl)c1. The molecule has 3 aromatic carbocycles. The zero-order valence-corrected chi connectivity index (χ0v) is 27.0. The number of hydrogen-bond acceptors (Lipinski definition) is 7. The molecule has 2 aliphatic heterocycles. The molecule has 4 aromatic rings. The van der Waals surface area contributed by atoms with Gasteiger partial charge in [-0.3, -0.25) is 9.59 Å². The van der Waals surface area contributed by atoms with Gasteiger partial charge in [-0.2, -0.15) is 4.37 Å². The molecule has 7 rings (SSSR count). The van der Waals surface area contributed by atoms with Crippen LogP contribution >= 0.6 is 34.7 Å². The highest BCUT2D eigenvalue weighted by Gasteiger charge is 2.42. The standard InChI is InChI=1S/C34H33Cl2N5O2S/c1-34(2)18-26-31(28(42)19-34)32(21-11-12-23(35)24(36)17-21)41(27-9-5-4-8-25(27)37-26)20-30(43)39-13-15-40(16-14-39)33-22-7-3-6-10-29(22)44-38-33/h3-12,17,32,37H,13-16,18-20H2,1-2H3. The lowest BCUT2D eigenvalue weighted by Crippen LogP contribution is -2.52. The summed E-state index contributed by atoms with van der Waals surface area (Å²) < 4.78 is 5.89. The summed E-state index contributed by atoms with van der Waals surface area (Å²) in [5, 5.41) is 5.62. The van der Waals surface area contributed by atoms with Gasteiger partial charge in [0.1, 0.15) is 5.82 Å². The number of Topliss-reactive ketones (excluding diaryl/α,β-unsaturated/α-hetero) is 1. The molecule has 1 amide bonds. The predicted octanol–water partition coefficient (Wildman–Crippen LogP) is 7.57. The first-order chi connectivity index (χ1) is 21.2. The number of ketones is 1. The van der Waals surface area contributed by atoms with Crippen molar-refractivity contribution in [2.24, 2.45) is 5.41 Å². The number of benzene rings is 3. The van der Waals surface area contributed by atoms with Crippen molar-refractivity contribution in [2.75, 3.05) is 47.8 Å². The van der Waals surface area contributed by atoms with Gasteiger partial charge in [0.15, 0.2) is 5.78 Å². The normalized spacial score (nSPS) is 19.9. The Bertz CT molecular complexity index is 1810. The monoisotopic (exact) mass is 645 g/mol. The zero-order valence-electron chi connectivity index (χ0n) is 24.6. The molecule has 1 atom stereocenters. The van der Waals surface area contributed by atoms with Crippen LogP contribution in [-0.2, 0) is 9.59 Å². The van der Waals surface area contributed by atoms with E-state index in [1.54, 1.807) is 6.07 Å².